The zero-order valence-electron chi connectivity index (χ0n) is 10.2. The summed E-state index contributed by atoms with van der Waals surface area (Å²) in [6.45, 7) is 2.91. The van der Waals surface area contributed by atoms with E-state index in [1.807, 2.05) is 7.05 Å². The molecule has 2 rings (SSSR count). The minimum atomic E-state index is 0.320. The fourth-order valence-electron chi connectivity index (χ4n) is 2.00. The van der Waals surface area contributed by atoms with Crippen LogP contribution in [0.3, 0.4) is 0 Å². The van der Waals surface area contributed by atoms with E-state index in [1.165, 1.54) is 30.4 Å². The molecule has 0 amide bonds. The second-order valence-corrected chi connectivity index (χ2v) is 4.64. The molecule has 16 heavy (non-hydrogen) atoms. The van der Waals surface area contributed by atoms with Gasteiger partial charge in [0.1, 0.15) is 0 Å². The van der Waals surface area contributed by atoms with Gasteiger partial charge in [-0.05, 0) is 38.8 Å². The van der Waals surface area contributed by atoms with Gasteiger partial charge in [-0.3, -0.25) is 0 Å². The Hall–Kier alpha value is -0.860. The lowest BCUT2D eigenvalue weighted by Crippen LogP contribution is -2.28. The Morgan fingerprint density at radius 1 is 1.44 bits per heavy atom. The maximum absolute atomic E-state index is 5.86. The second-order valence-electron chi connectivity index (χ2n) is 4.64. The van der Waals surface area contributed by atoms with Crippen molar-refractivity contribution >= 4 is 0 Å². The molecule has 0 heterocycles. The van der Waals surface area contributed by atoms with Crippen molar-refractivity contribution in [3.63, 3.8) is 0 Å². The van der Waals surface area contributed by atoms with Crippen LogP contribution in [-0.4, -0.2) is 19.8 Å². The molecule has 1 aromatic carbocycles. The first-order valence-electron chi connectivity index (χ1n) is 6.15. The van der Waals surface area contributed by atoms with E-state index in [0.29, 0.717) is 12.1 Å². The molecule has 0 aliphatic heterocycles. The van der Waals surface area contributed by atoms with Crippen LogP contribution in [0.2, 0.25) is 0 Å². The summed E-state index contributed by atoms with van der Waals surface area (Å²) >= 11 is 0. The topological polar surface area (TPSA) is 21.3 Å². The standard InChI is InChI=1S/C14H21NO/c1-11-5-3-6-12(9-11)14(15-2)10-16-13-7-4-8-13/h3,5-6,9,13-15H,4,7-8,10H2,1-2H3. The molecule has 88 valence electrons. The van der Waals surface area contributed by atoms with Crippen LogP contribution < -0.4 is 5.32 Å². The average Bonchev–Trinajstić information content (AvgIpc) is 2.22. The quantitative estimate of drug-likeness (QED) is 0.822. The predicted molar refractivity (Wildman–Crippen MR) is 66.6 cm³/mol. The largest absolute Gasteiger partial charge is 0.376 e. The fraction of sp³-hybridized carbons (Fsp3) is 0.571. The van der Waals surface area contributed by atoms with Crippen LogP contribution in [0.25, 0.3) is 0 Å². The van der Waals surface area contributed by atoms with E-state index >= 15 is 0 Å². The predicted octanol–water partition coefficient (Wildman–Crippen LogP) is 2.82. The van der Waals surface area contributed by atoms with Crippen molar-refractivity contribution in [1.82, 2.24) is 5.32 Å². The molecule has 0 bridgehead atoms. The Labute approximate surface area is 98.0 Å². The van der Waals surface area contributed by atoms with Gasteiger partial charge in [0.2, 0.25) is 0 Å². The highest BCUT2D eigenvalue weighted by Crippen LogP contribution is 2.24. The molecule has 1 saturated carbocycles. The highest BCUT2D eigenvalue weighted by atomic mass is 16.5. The summed E-state index contributed by atoms with van der Waals surface area (Å²) < 4.78 is 5.86. The molecular weight excluding hydrogens is 198 g/mol. The van der Waals surface area contributed by atoms with Gasteiger partial charge in [-0.1, -0.05) is 29.8 Å². The van der Waals surface area contributed by atoms with Crippen LogP contribution in [-0.2, 0) is 4.74 Å². The lowest BCUT2D eigenvalue weighted by molar-refractivity contribution is -0.00794. The van der Waals surface area contributed by atoms with Crippen LogP contribution >= 0.6 is 0 Å². The number of aryl methyl sites for hydroxylation is 1. The molecule has 1 aliphatic rings. The van der Waals surface area contributed by atoms with Gasteiger partial charge in [0.15, 0.2) is 0 Å². The summed E-state index contributed by atoms with van der Waals surface area (Å²) in [5.41, 5.74) is 2.63. The van der Waals surface area contributed by atoms with Crippen molar-refractivity contribution in [3.8, 4) is 0 Å². The first kappa shape index (κ1) is 11.6. The number of hydrogen-bond acceptors (Lipinski definition) is 2. The monoisotopic (exact) mass is 219 g/mol. The Balaban J connectivity index is 1.92. The molecule has 0 saturated heterocycles. The van der Waals surface area contributed by atoms with Crippen molar-refractivity contribution in [2.75, 3.05) is 13.7 Å². The molecule has 1 N–H and O–H groups in total. The highest BCUT2D eigenvalue weighted by molar-refractivity contribution is 5.25. The first-order chi connectivity index (χ1) is 7.79. The molecule has 1 aliphatic carbocycles. The number of ether oxygens (including phenoxy) is 1. The average molecular weight is 219 g/mol. The van der Waals surface area contributed by atoms with Crippen LogP contribution in [0.1, 0.15) is 36.4 Å². The summed E-state index contributed by atoms with van der Waals surface area (Å²) in [5, 5.41) is 3.32. The van der Waals surface area contributed by atoms with Gasteiger partial charge >= 0.3 is 0 Å². The number of hydrogen-bond donors (Lipinski definition) is 1. The van der Waals surface area contributed by atoms with E-state index in [-0.39, 0.29) is 0 Å². The van der Waals surface area contributed by atoms with E-state index in [2.05, 4.69) is 36.5 Å². The summed E-state index contributed by atoms with van der Waals surface area (Å²) in [4.78, 5) is 0. The van der Waals surface area contributed by atoms with Crippen molar-refractivity contribution in [2.24, 2.45) is 0 Å². The van der Waals surface area contributed by atoms with Gasteiger partial charge in [0.25, 0.3) is 0 Å². The van der Waals surface area contributed by atoms with E-state index in [1.54, 1.807) is 0 Å². The summed E-state index contributed by atoms with van der Waals surface area (Å²) in [7, 11) is 2.00. The van der Waals surface area contributed by atoms with Gasteiger partial charge in [0.05, 0.1) is 18.8 Å². The SMILES string of the molecule is CNC(COC1CCC1)c1cccc(C)c1. The van der Waals surface area contributed by atoms with Crippen molar-refractivity contribution in [3.05, 3.63) is 35.4 Å². The fourth-order valence-corrected chi connectivity index (χ4v) is 2.00. The van der Waals surface area contributed by atoms with E-state index in [9.17, 15) is 0 Å². The summed E-state index contributed by atoms with van der Waals surface area (Å²) in [6.07, 6.45) is 4.33. The van der Waals surface area contributed by atoms with Gasteiger partial charge in [0, 0.05) is 0 Å². The van der Waals surface area contributed by atoms with E-state index in [0.717, 1.165) is 6.61 Å². The van der Waals surface area contributed by atoms with Crippen molar-refractivity contribution in [2.45, 2.75) is 38.3 Å². The maximum Gasteiger partial charge on any atom is 0.0665 e. The zero-order chi connectivity index (χ0) is 11.4. The molecular formula is C14H21NO. The minimum Gasteiger partial charge on any atom is -0.376 e. The number of benzene rings is 1. The highest BCUT2D eigenvalue weighted by Gasteiger charge is 2.19. The Morgan fingerprint density at radius 2 is 2.25 bits per heavy atom. The van der Waals surface area contributed by atoms with Gasteiger partial charge in [-0.2, -0.15) is 0 Å². The molecule has 1 atom stereocenters. The molecule has 0 aromatic heterocycles. The zero-order valence-corrected chi connectivity index (χ0v) is 10.2. The molecule has 0 radical (unpaired) electrons. The van der Waals surface area contributed by atoms with Gasteiger partial charge in [-0.25, -0.2) is 0 Å². The minimum absolute atomic E-state index is 0.320. The third-order valence-corrected chi connectivity index (χ3v) is 3.34. The Kier molecular flexibility index (Phi) is 3.97. The number of nitrogens with one attached hydrogen (secondary N) is 1. The molecule has 1 unspecified atom stereocenters. The Morgan fingerprint density at radius 3 is 2.81 bits per heavy atom. The number of rotatable bonds is 5. The lowest BCUT2D eigenvalue weighted by Gasteiger charge is -2.28. The van der Waals surface area contributed by atoms with Crippen LogP contribution in [0.4, 0.5) is 0 Å². The van der Waals surface area contributed by atoms with Crippen molar-refractivity contribution in [1.29, 1.82) is 0 Å². The second kappa shape index (κ2) is 5.46. The first-order valence-corrected chi connectivity index (χ1v) is 6.15. The van der Waals surface area contributed by atoms with Crippen molar-refractivity contribution < 1.29 is 4.74 Å². The summed E-state index contributed by atoms with van der Waals surface area (Å²) in [6, 6.07) is 8.95. The smallest absolute Gasteiger partial charge is 0.0665 e. The maximum atomic E-state index is 5.86. The van der Waals surface area contributed by atoms with Crippen LogP contribution in [0.15, 0.2) is 24.3 Å². The third-order valence-electron chi connectivity index (χ3n) is 3.34. The van der Waals surface area contributed by atoms with E-state index < -0.39 is 0 Å². The normalized spacial score (nSPS) is 18.1. The lowest BCUT2D eigenvalue weighted by atomic mass is 9.96. The van der Waals surface area contributed by atoms with Gasteiger partial charge in [-0.15, -0.1) is 0 Å². The molecule has 0 spiro atoms. The van der Waals surface area contributed by atoms with E-state index in [4.69, 9.17) is 4.74 Å². The van der Waals surface area contributed by atoms with Crippen LogP contribution in [0.5, 0.6) is 0 Å². The summed E-state index contributed by atoms with van der Waals surface area (Å²) in [5.74, 6) is 0. The Bertz CT molecular complexity index is 333. The molecule has 1 fully saturated rings. The number of likely N-dealkylation sites (N-methyl/N-ethyl adjacent to an activating group) is 1. The van der Waals surface area contributed by atoms with Crippen LogP contribution in [0, 0.1) is 6.92 Å². The third kappa shape index (κ3) is 2.83. The van der Waals surface area contributed by atoms with Gasteiger partial charge < -0.3 is 10.1 Å². The molecule has 2 nitrogen and oxygen atoms in total. The molecule has 2 heteroatoms. The molecule has 1 aromatic rings.